The van der Waals surface area contributed by atoms with Gasteiger partial charge in [0.05, 0.1) is 11.8 Å². The van der Waals surface area contributed by atoms with E-state index in [1.807, 2.05) is 4.68 Å². The fourth-order valence-electron chi connectivity index (χ4n) is 4.61. The van der Waals surface area contributed by atoms with Gasteiger partial charge in [0, 0.05) is 12.1 Å². The second-order valence-corrected chi connectivity index (χ2v) is 9.37. The number of carbonyl (C=O) groups excluding carboxylic acids is 1. The highest BCUT2D eigenvalue weighted by Crippen LogP contribution is 2.36. The van der Waals surface area contributed by atoms with Crippen LogP contribution in [0.25, 0.3) is 0 Å². The van der Waals surface area contributed by atoms with Gasteiger partial charge in [0.2, 0.25) is 11.1 Å². The number of nitrogens with zero attached hydrogens (tertiary/aromatic N) is 5. The zero-order chi connectivity index (χ0) is 17.9. The number of carbonyl (C=O) groups is 1. The van der Waals surface area contributed by atoms with Gasteiger partial charge in [0.25, 0.3) is 0 Å². The Morgan fingerprint density at radius 2 is 1.69 bits per heavy atom. The van der Waals surface area contributed by atoms with Crippen LogP contribution in [0.3, 0.4) is 0 Å². The summed E-state index contributed by atoms with van der Waals surface area (Å²) in [5.74, 6) is 1.57. The topological polar surface area (TPSA) is 63.9 Å². The molecule has 0 bridgehead atoms. The molecule has 1 heterocycles. The summed E-state index contributed by atoms with van der Waals surface area (Å²) >= 11 is 1.53. The van der Waals surface area contributed by atoms with Gasteiger partial charge in [0.1, 0.15) is 0 Å². The molecule has 1 amide bonds. The number of thioether (sulfide) groups is 1. The quantitative estimate of drug-likeness (QED) is 0.705. The molecule has 144 valence electrons. The minimum atomic E-state index is 0.287. The summed E-state index contributed by atoms with van der Waals surface area (Å²) in [5.41, 5.74) is 0. The van der Waals surface area contributed by atoms with Crippen LogP contribution in [0.5, 0.6) is 0 Å². The van der Waals surface area contributed by atoms with Crippen molar-refractivity contribution in [2.75, 3.05) is 5.75 Å². The third kappa shape index (κ3) is 4.24. The Bertz CT molecular complexity index is 603. The lowest BCUT2D eigenvalue weighted by atomic mass is 9.86. The van der Waals surface area contributed by atoms with Crippen molar-refractivity contribution in [1.29, 1.82) is 0 Å². The Morgan fingerprint density at radius 1 is 1.04 bits per heavy atom. The Balaban J connectivity index is 1.36. The van der Waals surface area contributed by atoms with Crippen molar-refractivity contribution >= 4 is 17.7 Å². The highest BCUT2D eigenvalue weighted by molar-refractivity contribution is 7.99. The molecule has 4 rings (SSSR count). The molecule has 0 atom stereocenters. The van der Waals surface area contributed by atoms with Crippen molar-refractivity contribution < 1.29 is 4.79 Å². The van der Waals surface area contributed by atoms with Crippen molar-refractivity contribution in [2.45, 2.75) is 101 Å². The molecule has 6 nitrogen and oxygen atoms in total. The Hall–Kier alpha value is -1.11. The number of hydrogen-bond donors (Lipinski definition) is 0. The fourth-order valence-corrected chi connectivity index (χ4v) is 5.43. The van der Waals surface area contributed by atoms with E-state index in [1.165, 1.54) is 69.5 Å². The van der Waals surface area contributed by atoms with Crippen LogP contribution in [0.1, 0.15) is 83.6 Å². The summed E-state index contributed by atoms with van der Waals surface area (Å²) in [7, 11) is 0. The smallest absolute Gasteiger partial charge is 0.233 e. The monoisotopic (exact) mass is 377 g/mol. The van der Waals surface area contributed by atoms with Crippen LogP contribution in [0, 0.1) is 5.92 Å². The largest absolute Gasteiger partial charge is 0.336 e. The van der Waals surface area contributed by atoms with E-state index in [4.69, 9.17) is 0 Å². The lowest BCUT2D eigenvalue weighted by molar-refractivity contribution is -0.132. The summed E-state index contributed by atoms with van der Waals surface area (Å²) in [5, 5.41) is 13.1. The molecule has 3 fully saturated rings. The van der Waals surface area contributed by atoms with E-state index >= 15 is 0 Å². The molecule has 0 spiro atoms. The molecule has 0 aliphatic heterocycles. The van der Waals surface area contributed by atoms with Gasteiger partial charge in [-0.1, -0.05) is 37.9 Å². The van der Waals surface area contributed by atoms with Crippen molar-refractivity contribution in [1.82, 2.24) is 25.1 Å². The van der Waals surface area contributed by atoms with Crippen molar-refractivity contribution in [3.63, 3.8) is 0 Å². The van der Waals surface area contributed by atoms with Crippen molar-refractivity contribution in [2.24, 2.45) is 5.92 Å². The number of amides is 1. The second kappa shape index (κ2) is 8.28. The van der Waals surface area contributed by atoms with Crippen LogP contribution in [0.2, 0.25) is 0 Å². The average Bonchev–Trinajstić information content (AvgIpc) is 3.38. The molecule has 0 radical (unpaired) electrons. The minimum absolute atomic E-state index is 0.287. The lowest BCUT2D eigenvalue weighted by Crippen LogP contribution is -2.44. The predicted octanol–water partition coefficient (Wildman–Crippen LogP) is 3.84. The van der Waals surface area contributed by atoms with Crippen LogP contribution in [-0.2, 0) is 4.79 Å². The maximum Gasteiger partial charge on any atom is 0.233 e. The molecular weight excluding hydrogens is 346 g/mol. The van der Waals surface area contributed by atoms with Gasteiger partial charge in [-0.05, 0) is 67.7 Å². The van der Waals surface area contributed by atoms with Gasteiger partial charge in [-0.3, -0.25) is 4.79 Å². The number of hydrogen-bond acceptors (Lipinski definition) is 5. The standard InChI is InChI=1S/C19H31N5OS/c1-14-7-9-15(10-8-14)23(16-11-12-16)18(25)13-26-19-20-21-22-24(19)17-5-3-2-4-6-17/h14-17H,2-13H2,1H3. The van der Waals surface area contributed by atoms with Crippen LogP contribution < -0.4 is 0 Å². The van der Waals surface area contributed by atoms with Gasteiger partial charge in [-0.15, -0.1) is 5.10 Å². The van der Waals surface area contributed by atoms with Gasteiger partial charge >= 0.3 is 0 Å². The lowest BCUT2D eigenvalue weighted by Gasteiger charge is -2.36. The first kappa shape index (κ1) is 18.3. The van der Waals surface area contributed by atoms with E-state index in [1.54, 1.807) is 0 Å². The molecule has 1 aromatic heterocycles. The van der Waals surface area contributed by atoms with Gasteiger partial charge in [-0.2, -0.15) is 0 Å². The van der Waals surface area contributed by atoms with Crippen LogP contribution in [0.4, 0.5) is 0 Å². The molecule has 0 saturated heterocycles. The van der Waals surface area contributed by atoms with Crippen molar-refractivity contribution in [3.8, 4) is 0 Å². The van der Waals surface area contributed by atoms with E-state index in [0.29, 0.717) is 23.9 Å². The summed E-state index contributed by atoms with van der Waals surface area (Å²) in [6.07, 6.45) is 13.4. The zero-order valence-corrected chi connectivity index (χ0v) is 16.7. The molecule has 0 aromatic carbocycles. The number of rotatable bonds is 6. The van der Waals surface area contributed by atoms with Gasteiger partial charge in [-0.25, -0.2) is 4.68 Å². The van der Waals surface area contributed by atoms with E-state index in [9.17, 15) is 4.79 Å². The molecule has 1 aromatic rings. The maximum atomic E-state index is 13.0. The molecular formula is C19H31N5OS. The predicted molar refractivity (Wildman–Crippen MR) is 102 cm³/mol. The summed E-state index contributed by atoms with van der Waals surface area (Å²) in [6.45, 7) is 2.33. The molecule has 0 N–H and O–H groups in total. The number of tetrazole rings is 1. The highest BCUT2D eigenvalue weighted by atomic mass is 32.2. The summed E-state index contributed by atoms with van der Waals surface area (Å²) < 4.78 is 1.97. The molecule has 3 aliphatic rings. The molecule has 0 unspecified atom stereocenters. The summed E-state index contributed by atoms with van der Waals surface area (Å²) in [4.78, 5) is 15.2. The van der Waals surface area contributed by atoms with E-state index in [2.05, 4.69) is 27.3 Å². The van der Waals surface area contributed by atoms with Crippen LogP contribution >= 0.6 is 11.8 Å². The first-order chi connectivity index (χ1) is 12.7. The average molecular weight is 378 g/mol. The molecule has 26 heavy (non-hydrogen) atoms. The molecule has 3 saturated carbocycles. The fraction of sp³-hybridized carbons (Fsp3) is 0.895. The Labute approximate surface area is 160 Å². The first-order valence-corrected chi connectivity index (χ1v) is 11.4. The van der Waals surface area contributed by atoms with E-state index in [-0.39, 0.29) is 5.91 Å². The normalized spacial score (nSPS) is 27.4. The molecule has 7 heteroatoms. The maximum absolute atomic E-state index is 13.0. The Kier molecular flexibility index (Phi) is 5.81. The SMILES string of the molecule is CC1CCC(N(C(=O)CSc2nnnn2C2CCCCC2)C2CC2)CC1. The molecule has 3 aliphatic carbocycles. The third-order valence-electron chi connectivity index (χ3n) is 6.31. The van der Waals surface area contributed by atoms with Gasteiger partial charge in [0.15, 0.2) is 0 Å². The van der Waals surface area contributed by atoms with Crippen molar-refractivity contribution in [3.05, 3.63) is 0 Å². The summed E-state index contributed by atoms with van der Waals surface area (Å²) in [6, 6.07) is 1.37. The Morgan fingerprint density at radius 3 is 2.35 bits per heavy atom. The highest BCUT2D eigenvalue weighted by Gasteiger charge is 2.38. The van der Waals surface area contributed by atoms with Crippen LogP contribution in [0.15, 0.2) is 5.16 Å². The van der Waals surface area contributed by atoms with E-state index in [0.717, 1.165) is 23.9 Å². The minimum Gasteiger partial charge on any atom is -0.336 e. The second-order valence-electron chi connectivity index (χ2n) is 8.43. The van der Waals surface area contributed by atoms with E-state index < -0.39 is 0 Å². The third-order valence-corrected chi connectivity index (χ3v) is 7.23. The number of aromatic nitrogens is 4. The van der Waals surface area contributed by atoms with Gasteiger partial charge < -0.3 is 4.90 Å². The van der Waals surface area contributed by atoms with Crippen LogP contribution in [-0.4, -0.2) is 48.9 Å². The zero-order valence-electron chi connectivity index (χ0n) is 15.8. The first-order valence-electron chi connectivity index (χ1n) is 10.4.